The number of ether oxygens (including phenoxy) is 4. The van der Waals surface area contributed by atoms with Crippen molar-refractivity contribution in [2.75, 3.05) is 13.7 Å². The molecule has 32 heavy (non-hydrogen) atoms. The molecule has 0 N–H and O–H groups in total. The summed E-state index contributed by atoms with van der Waals surface area (Å²) >= 11 is 0. The smallest absolute Gasteiger partial charge is 0.387 e. The molecule has 3 aliphatic rings. The van der Waals surface area contributed by atoms with Crippen LogP contribution in [0.4, 0.5) is 8.78 Å². The molecule has 170 valence electrons. The summed E-state index contributed by atoms with van der Waals surface area (Å²) in [5.74, 6) is 1.50. The molecule has 2 atom stereocenters. The van der Waals surface area contributed by atoms with E-state index in [4.69, 9.17) is 24.0 Å². The van der Waals surface area contributed by atoms with Gasteiger partial charge in [0.1, 0.15) is 5.75 Å². The molecule has 0 radical (unpaired) electrons. The molecule has 0 aliphatic carbocycles. The van der Waals surface area contributed by atoms with Gasteiger partial charge in [-0.2, -0.15) is 13.9 Å². The van der Waals surface area contributed by atoms with Crippen molar-refractivity contribution >= 4 is 5.71 Å². The predicted octanol–water partition coefficient (Wildman–Crippen LogP) is 5.13. The van der Waals surface area contributed by atoms with Crippen molar-refractivity contribution in [1.82, 2.24) is 5.01 Å². The standard InChI is InChI=1S/C24H26F2N2O4/c1-23(2)14-24(11-12-30-23)28-18(16-8-6-10-20(29-3)21(16)32-24)13-17(27-28)15-7-4-5-9-19(15)31-22(25)26/h4-10,18,22H,11-14H2,1-3H3/t18-,24+/m1/s1. The molecule has 0 bridgehead atoms. The van der Waals surface area contributed by atoms with E-state index >= 15 is 0 Å². The van der Waals surface area contributed by atoms with Crippen molar-refractivity contribution in [3.8, 4) is 17.2 Å². The van der Waals surface area contributed by atoms with Gasteiger partial charge in [0.2, 0.25) is 5.72 Å². The Labute approximate surface area is 185 Å². The topological polar surface area (TPSA) is 52.5 Å². The van der Waals surface area contributed by atoms with Gasteiger partial charge in [0.25, 0.3) is 0 Å². The number of hydrogen-bond donors (Lipinski definition) is 0. The SMILES string of the molecule is COc1cccc2c1O[C@]1(CCOC(C)(C)C1)N1N=C(c3ccccc3OC(F)F)C[C@H]21. The van der Waals surface area contributed by atoms with Crippen LogP contribution in [0.1, 0.15) is 50.3 Å². The summed E-state index contributed by atoms with van der Waals surface area (Å²) in [6.07, 6.45) is 1.76. The minimum absolute atomic E-state index is 0.114. The highest BCUT2D eigenvalue weighted by molar-refractivity contribution is 6.04. The molecule has 2 aromatic carbocycles. The van der Waals surface area contributed by atoms with Gasteiger partial charge in [-0.05, 0) is 32.0 Å². The van der Waals surface area contributed by atoms with Crippen LogP contribution in [-0.2, 0) is 4.74 Å². The Balaban J connectivity index is 1.62. The van der Waals surface area contributed by atoms with Gasteiger partial charge in [-0.15, -0.1) is 0 Å². The first-order valence-corrected chi connectivity index (χ1v) is 10.7. The molecule has 0 aromatic heterocycles. The second-order valence-electron chi connectivity index (χ2n) is 8.95. The second-order valence-corrected chi connectivity index (χ2v) is 8.95. The monoisotopic (exact) mass is 444 g/mol. The zero-order valence-corrected chi connectivity index (χ0v) is 18.3. The van der Waals surface area contributed by atoms with Gasteiger partial charge in [-0.25, -0.2) is 5.01 Å². The minimum Gasteiger partial charge on any atom is -0.493 e. The van der Waals surface area contributed by atoms with Gasteiger partial charge in [-0.3, -0.25) is 0 Å². The van der Waals surface area contributed by atoms with Crippen LogP contribution in [0.25, 0.3) is 0 Å². The Morgan fingerprint density at radius 3 is 2.66 bits per heavy atom. The molecule has 2 aromatic rings. The van der Waals surface area contributed by atoms with E-state index in [1.807, 2.05) is 37.1 Å². The lowest BCUT2D eigenvalue weighted by atomic mass is 9.86. The normalized spacial score (nSPS) is 25.8. The van der Waals surface area contributed by atoms with Crippen molar-refractivity contribution in [3.63, 3.8) is 0 Å². The summed E-state index contributed by atoms with van der Waals surface area (Å²) in [5, 5.41) is 6.96. The summed E-state index contributed by atoms with van der Waals surface area (Å²) in [4.78, 5) is 0. The quantitative estimate of drug-likeness (QED) is 0.655. The number of hydrogen-bond acceptors (Lipinski definition) is 6. The van der Waals surface area contributed by atoms with E-state index in [9.17, 15) is 8.78 Å². The third-order valence-corrected chi connectivity index (χ3v) is 6.31. The summed E-state index contributed by atoms with van der Waals surface area (Å²) in [6, 6.07) is 12.5. The molecule has 5 rings (SSSR count). The van der Waals surface area contributed by atoms with Crippen LogP contribution in [0.2, 0.25) is 0 Å². The van der Waals surface area contributed by atoms with E-state index in [1.165, 1.54) is 0 Å². The zero-order chi connectivity index (χ0) is 22.5. The van der Waals surface area contributed by atoms with E-state index in [0.717, 1.165) is 5.56 Å². The van der Waals surface area contributed by atoms with Gasteiger partial charge in [0.05, 0.1) is 31.1 Å². The van der Waals surface area contributed by atoms with Crippen LogP contribution in [0.3, 0.4) is 0 Å². The molecule has 1 spiro atoms. The zero-order valence-electron chi connectivity index (χ0n) is 18.3. The van der Waals surface area contributed by atoms with Gasteiger partial charge in [0.15, 0.2) is 11.5 Å². The third kappa shape index (κ3) is 3.46. The number of hydrazone groups is 1. The molecule has 1 saturated heterocycles. The lowest BCUT2D eigenvalue weighted by Gasteiger charge is -2.52. The molecular formula is C24H26F2N2O4. The maximum atomic E-state index is 13.0. The molecule has 0 amide bonds. The van der Waals surface area contributed by atoms with Gasteiger partial charge in [0, 0.05) is 30.4 Å². The number of alkyl halides is 2. The highest BCUT2D eigenvalue weighted by atomic mass is 19.3. The van der Waals surface area contributed by atoms with Crippen LogP contribution >= 0.6 is 0 Å². The van der Waals surface area contributed by atoms with Crippen LogP contribution in [-0.4, -0.2) is 42.4 Å². The average molecular weight is 444 g/mol. The molecular weight excluding hydrogens is 418 g/mol. The fourth-order valence-corrected chi connectivity index (χ4v) is 5.07. The highest BCUT2D eigenvalue weighted by Gasteiger charge is 2.55. The average Bonchev–Trinajstić information content (AvgIpc) is 3.19. The van der Waals surface area contributed by atoms with Crippen molar-refractivity contribution in [3.05, 3.63) is 53.6 Å². The fraction of sp³-hybridized carbons (Fsp3) is 0.458. The van der Waals surface area contributed by atoms with Crippen LogP contribution < -0.4 is 14.2 Å². The Kier molecular flexibility index (Phi) is 5.00. The van der Waals surface area contributed by atoms with Crippen molar-refractivity contribution in [2.45, 2.75) is 57.1 Å². The maximum Gasteiger partial charge on any atom is 0.387 e. The van der Waals surface area contributed by atoms with E-state index in [0.29, 0.717) is 48.6 Å². The number of halogens is 2. The summed E-state index contributed by atoms with van der Waals surface area (Å²) in [7, 11) is 1.63. The molecule has 3 aliphatic heterocycles. The minimum atomic E-state index is -2.91. The molecule has 3 heterocycles. The van der Waals surface area contributed by atoms with Gasteiger partial charge >= 0.3 is 6.61 Å². The first kappa shape index (κ1) is 21.0. The van der Waals surface area contributed by atoms with Crippen LogP contribution in [0.5, 0.6) is 17.2 Å². The van der Waals surface area contributed by atoms with Crippen molar-refractivity contribution in [1.29, 1.82) is 0 Å². The lowest BCUT2D eigenvalue weighted by molar-refractivity contribution is -0.212. The highest BCUT2D eigenvalue weighted by Crippen LogP contribution is 2.54. The Morgan fingerprint density at radius 1 is 1.12 bits per heavy atom. The molecule has 8 heteroatoms. The summed E-state index contributed by atoms with van der Waals surface area (Å²) < 4.78 is 49.1. The fourth-order valence-electron chi connectivity index (χ4n) is 5.07. The Bertz CT molecular complexity index is 1060. The first-order chi connectivity index (χ1) is 15.3. The number of benzene rings is 2. The summed E-state index contributed by atoms with van der Waals surface area (Å²) in [5.41, 5.74) is 1.08. The third-order valence-electron chi connectivity index (χ3n) is 6.31. The molecule has 6 nitrogen and oxygen atoms in total. The Morgan fingerprint density at radius 2 is 1.91 bits per heavy atom. The number of methoxy groups -OCH3 is 1. The van der Waals surface area contributed by atoms with Crippen molar-refractivity contribution in [2.24, 2.45) is 5.10 Å². The van der Waals surface area contributed by atoms with Crippen molar-refractivity contribution < 1.29 is 27.7 Å². The molecule has 1 fully saturated rings. The second kappa shape index (κ2) is 7.62. The summed E-state index contributed by atoms with van der Waals surface area (Å²) in [6.45, 7) is 1.69. The number of nitrogens with zero attached hydrogens (tertiary/aromatic N) is 2. The van der Waals surface area contributed by atoms with E-state index in [1.54, 1.807) is 31.4 Å². The van der Waals surface area contributed by atoms with Crippen LogP contribution in [0.15, 0.2) is 47.6 Å². The van der Waals surface area contributed by atoms with E-state index in [-0.39, 0.29) is 11.8 Å². The van der Waals surface area contributed by atoms with E-state index in [2.05, 4.69) is 0 Å². The van der Waals surface area contributed by atoms with Gasteiger partial charge < -0.3 is 18.9 Å². The molecule has 0 unspecified atom stereocenters. The largest absolute Gasteiger partial charge is 0.493 e. The molecule has 0 saturated carbocycles. The van der Waals surface area contributed by atoms with Gasteiger partial charge in [-0.1, -0.05) is 24.3 Å². The van der Waals surface area contributed by atoms with E-state index < -0.39 is 17.9 Å². The Hall–Kier alpha value is -2.87. The van der Waals surface area contributed by atoms with Crippen LogP contribution in [0, 0.1) is 0 Å². The number of para-hydroxylation sites is 2. The maximum absolute atomic E-state index is 13.0. The lowest BCUT2D eigenvalue weighted by Crippen LogP contribution is -2.60. The predicted molar refractivity (Wildman–Crippen MR) is 114 cm³/mol. The number of fused-ring (bicyclic) bond motifs is 4. The first-order valence-electron chi connectivity index (χ1n) is 10.7. The number of rotatable bonds is 4.